The minimum absolute atomic E-state index is 0.0116. The Labute approximate surface area is 158 Å². The molecule has 1 aliphatic heterocycles. The number of thiophene rings is 1. The van der Waals surface area contributed by atoms with E-state index in [2.05, 4.69) is 21.2 Å². The summed E-state index contributed by atoms with van der Waals surface area (Å²) in [5.74, 6) is -0.676. The lowest BCUT2D eigenvalue weighted by Gasteiger charge is -2.31. The zero-order valence-corrected chi connectivity index (χ0v) is 15.9. The van der Waals surface area contributed by atoms with E-state index in [1.807, 2.05) is 11.4 Å². The number of piperidine rings is 1. The first-order valence-corrected chi connectivity index (χ1v) is 9.76. The Hall–Kier alpha value is -1.73. The number of hydrogen-bond acceptors (Lipinski definition) is 3. The van der Waals surface area contributed by atoms with Gasteiger partial charge in [0.2, 0.25) is 5.91 Å². The zero-order valence-electron chi connectivity index (χ0n) is 13.5. The lowest BCUT2D eigenvalue weighted by Crippen LogP contribution is -2.45. The van der Waals surface area contributed by atoms with E-state index in [1.54, 1.807) is 23.1 Å². The largest absolute Gasteiger partial charge is 0.352 e. The molecule has 2 amide bonds. The van der Waals surface area contributed by atoms with Gasteiger partial charge in [-0.2, -0.15) is 0 Å². The van der Waals surface area contributed by atoms with Gasteiger partial charge in [0.1, 0.15) is 5.82 Å². The number of nitrogens with one attached hydrogen (secondary N) is 1. The van der Waals surface area contributed by atoms with Gasteiger partial charge in [-0.3, -0.25) is 9.59 Å². The Kier molecular flexibility index (Phi) is 5.86. The van der Waals surface area contributed by atoms with Crippen LogP contribution < -0.4 is 5.32 Å². The molecule has 3 rings (SSSR count). The molecule has 1 atom stereocenters. The molecular weight excluding hydrogens is 407 g/mol. The van der Waals surface area contributed by atoms with Crippen LogP contribution in [0.5, 0.6) is 0 Å². The molecule has 1 aromatic carbocycles. The number of halogens is 2. The molecule has 0 radical (unpaired) electrons. The van der Waals surface area contributed by atoms with Gasteiger partial charge in [0.15, 0.2) is 0 Å². The molecule has 1 unspecified atom stereocenters. The second-order valence-electron chi connectivity index (χ2n) is 6.03. The van der Waals surface area contributed by atoms with Crippen LogP contribution in [0, 0.1) is 11.7 Å². The molecule has 1 N–H and O–H groups in total. The highest BCUT2D eigenvalue weighted by Gasteiger charge is 2.29. The zero-order chi connectivity index (χ0) is 17.8. The van der Waals surface area contributed by atoms with E-state index in [0.29, 0.717) is 28.0 Å². The first kappa shape index (κ1) is 18.1. The summed E-state index contributed by atoms with van der Waals surface area (Å²) in [5.41, 5.74) is 0.705. The molecule has 1 aliphatic rings. The Morgan fingerprint density at radius 1 is 1.36 bits per heavy atom. The Morgan fingerprint density at radius 3 is 2.92 bits per heavy atom. The van der Waals surface area contributed by atoms with Crippen molar-refractivity contribution in [2.75, 3.05) is 13.1 Å². The first-order chi connectivity index (χ1) is 12.0. The van der Waals surface area contributed by atoms with Crippen molar-refractivity contribution in [3.63, 3.8) is 0 Å². The van der Waals surface area contributed by atoms with Crippen molar-refractivity contribution in [2.24, 2.45) is 5.92 Å². The van der Waals surface area contributed by atoms with E-state index >= 15 is 0 Å². The van der Waals surface area contributed by atoms with Gasteiger partial charge in [-0.1, -0.05) is 12.1 Å². The average molecular weight is 425 g/mol. The highest BCUT2D eigenvalue weighted by atomic mass is 79.9. The fourth-order valence-electron chi connectivity index (χ4n) is 2.91. The van der Waals surface area contributed by atoms with E-state index < -0.39 is 0 Å². The quantitative estimate of drug-likeness (QED) is 0.810. The second-order valence-corrected chi connectivity index (χ2v) is 7.84. The van der Waals surface area contributed by atoms with Crippen molar-refractivity contribution in [1.82, 2.24) is 10.2 Å². The van der Waals surface area contributed by atoms with Crippen LogP contribution in [0.1, 0.15) is 28.1 Å². The van der Waals surface area contributed by atoms with E-state index in [4.69, 9.17) is 0 Å². The molecule has 25 heavy (non-hydrogen) atoms. The second kappa shape index (κ2) is 8.10. The van der Waals surface area contributed by atoms with Gasteiger partial charge in [-0.15, -0.1) is 11.3 Å². The van der Waals surface area contributed by atoms with E-state index in [0.717, 1.165) is 12.8 Å². The fourth-order valence-corrected chi connectivity index (χ4v) is 3.85. The van der Waals surface area contributed by atoms with Crippen LogP contribution in [0.2, 0.25) is 0 Å². The Bertz CT molecular complexity index is 766. The van der Waals surface area contributed by atoms with Crippen molar-refractivity contribution in [3.05, 3.63) is 56.4 Å². The molecular formula is C18H18BrFN2O2S. The SMILES string of the molecule is O=C(NCc1ccc(Br)c(F)c1)C1CCCN(C(=O)c2cccs2)C1. The van der Waals surface area contributed by atoms with Crippen LogP contribution in [0.3, 0.4) is 0 Å². The van der Waals surface area contributed by atoms with Crippen LogP contribution in [0.4, 0.5) is 4.39 Å². The van der Waals surface area contributed by atoms with Gasteiger partial charge >= 0.3 is 0 Å². The van der Waals surface area contributed by atoms with Crippen LogP contribution in [0.25, 0.3) is 0 Å². The summed E-state index contributed by atoms with van der Waals surface area (Å²) in [6, 6.07) is 8.44. The van der Waals surface area contributed by atoms with Crippen molar-refractivity contribution in [2.45, 2.75) is 19.4 Å². The molecule has 0 bridgehead atoms. The third kappa shape index (κ3) is 4.46. The number of rotatable bonds is 4. The maximum atomic E-state index is 13.5. The number of hydrogen-bond donors (Lipinski definition) is 1. The molecule has 0 spiro atoms. The third-order valence-electron chi connectivity index (χ3n) is 4.26. The molecule has 4 nitrogen and oxygen atoms in total. The van der Waals surface area contributed by atoms with E-state index in [-0.39, 0.29) is 30.1 Å². The lowest BCUT2D eigenvalue weighted by molar-refractivity contribution is -0.126. The van der Waals surface area contributed by atoms with Gasteiger partial charge in [0.25, 0.3) is 5.91 Å². The number of carbonyl (C=O) groups excluding carboxylic acids is 2. The topological polar surface area (TPSA) is 49.4 Å². The van der Waals surface area contributed by atoms with Gasteiger partial charge in [0, 0.05) is 19.6 Å². The van der Waals surface area contributed by atoms with Gasteiger partial charge in [0.05, 0.1) is 15.3 Å². The molecule has 2 heterocycles. The maximum absolute atomic E-state index is 13.5. The van der Waals surface area contributed by atoms with Crippen molar-refractivity contribution >= 4 is 39.1 Å². The summed E-state index contributed by atoms with van der Waals surface area (Å²) in [5, 5.41) is 4.73. The van der Waals surface area contributed by atoms with E-state index in [9.17, 15) is 14.0 Å². The van der Waals surface area contributed by atoms with Crippen LogP contribution in [-0.4, -0.2) is 29.8 Å². The van der Waals surface area contributed by atoms with Gasteiger partial charge in [-0.25, -0.2) is 4.39 Å². The summed E-state index contributed by atoms with van der Waals surface area (Å²) in [6.45, 7) is 1.38. The number of amides is 2. The molecule has 7 heteroatoms. The Balaban J connectivity index is 1.56. The molecule has 0 aliphatic carbocycles. The number of nitrogens with zero attached hydrogens (tertiary/aromatic N) is 1. The van der Waals surface area contributed by atoms with Crippen LogP contribution >= 0.6 is 27.3 Å². The standard InChI is InChI=1S/C18H18BrFN2O2S/c19-14-6-5-12(9-15(14)20)10-21-17(23)13-3-1-7-22(11-13)18(24)16-4-2-8-25-16/h2,4-6,8-9,13H,1,3,7,10-11H2,(H,21,23). The monoisotopic (exact) mass is 424 g/mol. The lowest BCUT2D eigenvalue weighted by atomic mass is 9.97. The summed E-state index contributed by atoms with van der Waals surface area (Å²) < 4.78 is 13.9. The summed E-state index contributed by atoms with van der Waals surface area (Å²) >= 11 is 4.52. The number of carbonyl (C=O) groups is 2. The number of likely N-dealkylation sites (tertiary alicyclic amines) is 1. The van der Waals surface area contributed by atoms with Crippen molar-refractivity contribution < 1.29 is 14.0 Å². The van der Waals surface area contributed by atoms with Gasteiger partial charge in [-0.05, 0) is 57.9 Å². The molecule has 1 saturated heterocycles. The van der Waals surface area contributed by atoms with Crippen molar-refractivity contribution in [1.29, 1.82) is 0 Å². The normalized spacial score (nSPS) is 17.4. The predicted molar refractivity (Wildman–Crippen MR) is 98.9 cm³/mol. The Morgan fingerprint density at radius 2 is 2.20 bits per heavy atom. The minimum atomic E-state index is -0.350. The van der Waals surface area contributed by atoms with Crippen LogP contribution in [-0.2, 0) is 11.3 Å². The molecule has 1 fully saturated rings. The fraction of sp³-hybridized carbons (Fsp3) is 0.333. The average Bonchev–Trinajstić information content (AvgIpc) is 3.16. The summed E-state index contributed by atoms with van der Waals surface area (Å²) in [4.78, 5) is 27.3. The van der Waals surface area contributed by atoms with E-state index in [1.165, 1.54) is 17.4 Å². The smallest absolute Gasteiger partial charge is 0.263 e. The molecule has 2 aromatic rings. The maximum Gasteiger partial charge on any atom is 0.263 e. The molecule has 1 aromatic heterocycles. The molecule has 132 valence electrons. The summed E-state index contributed by atoms with van der Waals surface area (Å²) in [6.07, 6.45) is 1.57. The minimum Gasteiger partial charge on any atom is -0.352 e. The summed E-state index contributed by atoms with van der Waals surface area (Å²) in [7, 11) is 0. The third-order valence-corrected chi connectivity index (χ3v) is 5.76. The first-order valence-electron chi connectivity index (χ1n) is 8.09. The van der Waals surface area contributed by atoms with Crippen molar-refractivity contribution in [3.8, 4) is 0 Å². The highest BCUT2D eigenvalue weighted by Crippen LogP contribution is 2.21. The van der Waals surface area contributed by atoms with Crippen LogP contribution in [0.15, 0.2) is 40.2 Å². The molecule has 0 saturated carbocycles. The predicted octanol–water partition coefficient (Wildman–Crippen LogP) is 3.82. The van der Waals surface area contributed by atoms with Gasteiger partial charge < -0.3 is 10.2 Å². The highest BCUT2D eigenvalue weighted by molar-refractivity contribution is 9.10. The number of benzene rings is 1.